The summed E-state index contributed by atoms with van der Waals surface area (Å²) < 4.78 is 54.2. The minimum absolute atomic E-state index is 0.118. The lowest BCUT2D eigenvalue weighted by Gasteiger charge is -2.23. The molecule has 4 rings (SSSR count). The summed E-state index contributed by atoms with van der Waals surface area (Å²) in [6.07, 6.45) is 2.66. The molecule has 8 nitrogen and oxygen atoms in total. The van der Waals surface area contributed by atoms with Crippen LogP contribution in [0.2, 0.25) is 0 Å². The van der Waals surface area contributed by atoms with Crippen molar-refractivity contribution in [3.63, 3.8) is 0 Å². The monoisotopic (exact) mass is 463 g/mol. The van der Waals surface area contributed by atoms with Crippen LogP contribution in [-0.2, 0) is 24.8 Å². The quantitative estimate of drug-likeness (QED) is 0.708. The van der Waals surface area contributed by atoms with Gasteiger partial charge in [0.1, 0.15) is 6.04 Å². The first-order valence-electron chi connectivity index (χ1n) is 10.3. The molecule has 2 aliphatic rings. The van der Waals surface area contributed by atoms with Crippen molar-refractivity contribution in [2.75, 3.05) is 25.0 Å². The number of nitrogens with one attached hydrogen (secondary N) is 1. The fourth-order valence-corrected chi connectivity index (χ4v) is 7.30. The Hall–Kier alpha value is -2.27. The van der Waals surface area contributed by atoms with E-state index >= 15 is 0 Å². The van der Waals surface area contributed by atoms with Crippen LogP contribution in [-0.4, -0.2) is 57.0 Å². The lowest BCUT2D eigenvalue weighted by Crippen LogP contribution is -2.43. The molecular formula is C21H25N3O5S2. The van der Waals surface area contributed by atoms with Gasteiger partial charge in [-0.3, -0.25) is 4.79 Å². The Morgan fingerprint density at radius 3 is 2.19 bits per heavy atom. The standard InChI is InChI=1S/C21H25N3O5S2/c25-21(20-12-7-15-24(20)31(28,29)18-9-2-1-3-10-18)22-17-8-6-11-19(16-17)30(26,27)23-13-4-5-14-23/h1-3,6,8-11,16,20H,4-5,7,12-15H2,(H,22,25). The van der Waals surface area contributed by atoms with Crippen molar-refractivity contribution in [3.05, 3.63) is 54.6 Å². The van der Waals surface area contributed by atoms with E-state index in [1.165, 1.54) is 32.9 Å². The predicted octanol–water partition coefficient (Wildman–Crippen LogP) is 2.26. The number of amides is 1. The first kappa shape index (κ1) is 21.9. The average molecular weight is 464 g/mol. The first-order chi connectivity index (χ1) is 14.8. The molecule has 166 valence electrons. The van der Waals surface area contributed by atoms with E-state index in [9.17, 15) is 21.6 Å². The topological polar surface area (TPSA) is 104 Å². The summed E-state index contributed by atoms with van der Waals surface area (Å²) in [5, 5.41) is 2.71. The predicted molar refractivity (Wildman–Crippen MR) is 116 cm³/mol. The second-order valence-corrected chi connectivity index (χ2v) is 11.5. The van der Waals surface area contributed by atoms with Gasteiger partial charge in [-0.1, -0.05) is 24.3 Å². The van der Waals surface area contributed by atoms with Crippen LogP contribution in [0, 0.1) is 0 Å². The van der Waals surface area contributed by atoms with Crippen molar-refractivity contribution in [3.8, 4) is 0 Å². The Morgan fingerprint density at radius 2 is 1.48 bits per heavy atom. The molecule has 0 spiro atoms. The van der Waals surface area contributed by atoms with Gasteiger partial charge in [-0.2, -0.15) is 8.61 Å². The smallest absolute Gasteiger partial charge is 0.243 e. The normalized spacial score (nSPS) is 20.7. The maximum Gasteiger partial charge on any atom is 0.243 e. The minimum Gasteiger partial charge on any atom is -0.325 e. The second kappa shape index (κ2) is 8.70. The van der Waals surface area contributed by atoms with Crippen molar-refractivity contribution in [2.45, 2.75) is 41.5 Å². The van der Waals surface area contributed by atoms with Crippen LogP contribution < -0.4 is 5.32 Å². The largest absolute Gasteiger partial charge is 0.325 e. The number of carbonyl (C=O) groups excluding carboxylic acids is 1. The van der Waals surface area contributed by atoms with Crippen molar-refractivity contribution < 1.29 is 21.6 Å². The second-order valence-electron chi connectivity index (χ2n) is 7.72. The number of anilines is 1. The van der Waals surface area contributed by atoms with Gasteiger partial charge in [-0.15, -0.1) is 0 Å². The highest BCUT2D eigenvalue weighted by Gasteiger charge is 2.39. The van der Waals surface area contributed by atoms with Crippen LogP contribution in [0.3, 0.4) is 0 Å². The van der Waals surface area contributed by atoms with Crippen molar-refractivity contribution in [1.29, 1.82) is 0 Å². The molecule has 2 aromatic carbocycles. The van der Waals surface area contributed by atoms with Crippen LogP contribution in [0.5, 0.6) is 0 Å². The fraction of sp³-hybridized carbons (Fsp3) is 0.381. The van der Waals surface area contributed by atoms with Gasteiger partial charge in [0.15, 0.2) is 0 Å². The number of hydrogen-bond acceptors (Lipinski definition) is 5. The summed E-state index contributed by atoms with van der Waals surface area (Å²) in [7, 11) is -7.41. The highest BCUT2D eigenvalue weighted by Crippen LogP contribution is 2.28. The third-order valence-electron chi connectivity index (χ3n) is 5.66. The molecule has 31 heavy (non-hydrogen) atoms. The molecule has 0 radical (unpaired) electrons. The number of nitrogens with zero attached hydrogens (tertiary/aromatic N) is 2. The summed E-state index contributed by atoms with van der Waals surface area (Å²) >= 11 is 0. The van der Waals surface area contributed by atoms with E-state index in [2.05, 4.69) is 5.32 Å². The van der Waals surface area contributed by atoms with Gasteiger partial charge in [0.05, 0.1) is 9.79 Å². The van der Waals surface area contributed by atoms with Gasteiger partial charge in [0.2, 0.25) is 26.0 Å². The number of sulfonamides is 2. The molecule has 0 aliphatic carbocycles. The van der Waals surface area contributed by atoms with Crippen molar-refractivity contribution in [2.24, 2.45) is 0 Å². The molecule has 2 heterocycles. The Kier molecular flexibility index (Phi) is 6.16. The molecule has 1 amide bonds. The molecule has 1 atom stereocenters. The van der Waals surface area contributed by atoms with Crippen LogP contribution in [0.1, 0.15) is 25.7 Å². The van der Waals surface area contributed by atoms with Crippen LogP contribution >= 0.6 is 0 Å². The maximum atomic E-state index is 13.0. The summed E-state index contributed by atoms with van der Waals surface area (Å²) in [6.45, 7) is 1.25. The SMILES string of the molecule is O=C(Nc1cccc(S(=O)(=O)N2CCCC2)c1)C1CCCN1S(=O)(=O)c1ccccc1. The lowest BCUT2D eigenvalue weighted by atomic mass is 10.2. The van der Waals surface area contributed by atoms with Gasteiger partial charge in [0.25, 0.3) is 0 Å². The highest BCUT2D eigenvalue weighted by molar-refractivity contribution is 7.89. The van der Waals surface area contributed by atoms with E-state index < -0.39 is 32.0 Å². The third kappa shape index (κ3) is 4.38. The summed E-state index contributed by atoms with van der Waals surface area (Å²) in [5.74, 6) is -0.465. The lowest BCUT2D eigenvalue weighted by molar-refractivity contribution is -0.119. The molecule has 0 bridgehead atoms. The van der Waals surface area contributed by atoms with E-state index in [-0.39, 0.29) is 16.3 Å². The molecule has 2 saturated heterocycles. The van der Waals surface area contributed by atoms with E-state index in [1.54, 1.807) is 30.3 Å². The fourth-order valence-electron chi connectivity index (χ4n) is 4.06. The number of rotatable bonds is 6. The zero-order chi connectivity index (χ0) is 22.1. The summed E-state index contributed by atoms with van der Waals surface area (Å²) in [5.41, 5.74) is 0.328. The molecule has 0 aromatic heterocycles. The Balaban J connectivity index is 1.53. The van der Waals surface area contributed by atoms with E-state index in [4.69, 9.17) is 0 Å². The molecule has 2 aliphatic heterocycles. The van der Waals surface area contributed by atoms with Gasteiger partial charge < -0.3 is 5.32 Å². The average Bonchev–Trinajstić information content (AvgIpc) is 3.47. The summed E-state index contributed by atoms with van der Waals surface area (Å²) in [6, 6.07) is 13.3. The molecule has 1 N–H and O–H groups in total. The van der Waals surface area contributed by atoms with E-state index in [1.807, 2.05) is 0 Å². The minimum atomic E-state index is -3.80. The highest BCUT2D eigenvalue weighted by atomic mass is 32.2. The third-order valence-corrected chi connectivity index (χ3v) is 9.48. The zero-order valence-corrected chi connectivity index (χ0v) is 18.6. The van der Waals surface area contributed by atoms with Gasteiger partial charge >= 0.3 is 0 Å². The number of hydrogen-bond donors (Lipinski definition) is 1. The number of carbonyl (C=O) groups is 1. The Labute approximate surface area is 183 Å². The molecule has 0 saturated carbocycles. The molecule has 1 unspecified atom stereocenters. The van der Waals surface area contributed by atoms with Gasteiger partial charge in [-0.05, 0) is 56.0 Å². The Morgan fingerprint density at radius 1 is 0.806 bits per heavy atom. The van der Waals surface area contributed by atoms with Crippen LogP contribution in [0.25, 0.3) is 0 Å². The van der Waals surface area contributed by atoms with Crippen molar-refractivity contribution >= 4 is 31.6 Å². The van der Waals surface area contributed by atoms with Crippen LogP contribution in [0.4, 0.5) is 5.69 Å². The molecule has 10 heteroatoms. The van der Waals surface area contributed by atoms with Crippen LogP contribution in [0.15, 0.2) is 64.4 Å². The molecule has 2 fully saturated rings. The van der Waals surface area contributed by atoms with Crippen molar-refractivity contribution in [1.82, 2.24) is 8.61 Å². The molecule has 2 aromatic rings. The first-order valence-corrected chi connectivity index (χ1v) is 13.2. The molecular weight excluding hydrogens is 438 g/mol. The van der Waals surface area contributed by atoms with Gasteiger partial charge in [-0.25, -0.2) is 16.8 Å². The number of benzene rings is 2. The van der Waals surface area contributed by atoms with E-state index in [0.717, 1.165) is 12.8 Å². The summed E-state index contributed by atoms with van der Waals surface area (Å²) in [4.78, 5) is 13.2. The van der Waals surface area contributed by atoms with Gasteiger partial charge in [0, 0.05) is 25.3 Å². The maximum absolute atomic E-state index is 13.0. The van der Waals surface area contributed by atoms with E-state index in [0.29, 0.717) is 31.6 Å². The zero-order valence-electron chi connectivity index (χ0n) is 17.0. The Bertz CT molecular complexity index is 1160.